The molecular weight excluding hydrogens is 246 g/mol. The minimum atomic E-state index is 0.00766. The van der Waals surface area contributed by atoms with Gasteiger partial charge in [-0.1, -0.05) is 13.8 Å². The number of carbonyl (C=O) groups is 1. The number of hydrogen-bond donors (Lipinski definition) is 2. The van der Waals surface area contributed by atoms with E-state index in [0.29, 0.717) is 6.54 Å². The highest BCUT2D eigenvalue weighted by atomic mass is 32.1. The van der Waals surface area contributed by atoms with Gasteiger partial charge in [0.25, 0.3) is 5.91 Å². The van der Waals surface area contributed by atoms with Crippen molar-refractivity contribution >= 4 is 17.2 Å². The van der Waals surface area contributed by atoms with Crippen LogP contribution in [0.3, 0.4) is 0 Å². The van der Waals surface area contributed by atoms with E-state index in [-0.39, 0.29) is 17.9 Å². The van der Waals surface area contributed by atoms with Gasteiger partial charge >= 0.3 is 0 Å². The van der Waals surface area contributed by atoms with E-state index in [2.05, 4.69) is 19.2 Å². The summed E-state index contributed by atoms with van der Waals surface area (Å²) < 4.78 is 0. The number of carbonyl (C=O) groups excluding carboxylic acids is 1. The zero-order chi connectivity index (χ0) is 13.8. The largest absolute Gasteiger partial charge is 0.396 e. The van der Waals surface area contributed by atoms with Crippen LogP contribution in [-0.4, -0.2) is 24.2 Å². The van der Waals surface area contributed by atoms with Crippen LogP contribution >= 0.6 is 11.3 Å². The fourth-order valence-electron chi connectivity index (χ4n) is 1.74. The lowest BCUT2D eigenvalue weighted by molar-refractivity contribution is 0.0937. The Morgan fingerprint density at radius 2 is 2.11 bits per heavy atom. The number of nitrogens with one attached hydrogen (secondary N) is 1. The summed E-state index contributed by atoms with van der Waals surface area (Å²) in [6.07, 6.45) is 1.69. The highest BCUT2D eigenvalue weighted by Crippen LogP contribution is 2.23. The monoisotopic (exact) mass is 269 g/mol. The van der Waals surface area contributed by atoms with Gasteiger partial charge in [-0.25, -0.2) is 0 Å². The summed E-state index contributed by atoms with van der Waals surface area (Å²) in [6, 6.07) is 1.94. The molecule has 0 saturated heterocycles. The van der Waals surface area contributed by atoms with Crippen LogP contribution in [0.5, 0.6) is 0 Å². The van der Waals surface area contributed by atoms with E-state index in [1.165, 1.54) is 21.8 Å². The maximum absolute atomic E-state index is 12.0. The number of hydrogen-bond acceptors (Lipinski definition) is 3. The summed E-state index contributed by atoms with van der Waals surface area (Å²) in [5, 5.41) is 11.8. The van der Waals surface area contributed by atoms with Gasteiger partial charge in [-0.15, -0.1) is 11.3 Å². The van der Waals surface area contributed by atoms with Crippen molar-refractivity contribution in [2.24, 2.45) is 5.41 Å². The quantitative estimate of drug-likeness (QED) is 0.834. The fraction of sp³-hybridized carbons (Fsp3) is 0.643. The van der Waals surface area contributed by atoms with Crippen molar-refractivity contribution in [1.29, 1.82) is 0 Å². The predicted octanol–water partition coefficient (Wildman–Crippen LogP) is 2.89. The summed E-state index contributed by atoms with van der Waals surface area (Å²) in [4.78, 5) is 14.0. The van der Waals surface area contributed by atoms with Crippen LogP contribution in [0.4, 0.5) is 0 Å². The lowest BCUT2D eigenvalue weighted by Crippen LogP contribution is -2.33. The molecule has 102 valence electrons. The molecule has 1 rings (SSSR count). The molecule has 0 saturated carbocycles. The zero-order valence-electron chi connectivity index (χ0n) is 11.7. The Morgan fingerprint density at radius 1 is 1.44 bits per heavy atom. The molecule has 0 bridgehead atoms. The Kier molecular flexibility index (Phi) is 5.35. The Labute approximate surface area is 113 Å². The average molecular weight is 269 g/mol. The van der Waals surface area contributed by atoms with Crippen LogP contribution in [0, 0.1) is 19.3 Å². The van der Waals surface area contributed by atoms with Crippen LogP contribution in [0.1, 0.15) is 46.8 Å². The van der Waals surface area contributed by atoms with Crippen LogP contribution in [0.15, 0.2) is 6.07 Å². The lowest BCUT2D eigenvalue weighted by atomic mass is 9.88. The third kappa shape index (κ3) is 4.42. The number of aryl methyl sites for hydroxylation is 2. The standard InChI is InChI=1S/C14H23NO2S/c1-10-8-12(18-11(10)2)13(17)15-9-14(3,4)6-5-7-16/h8,16H,5-7,9H2,1-4H3,(H,15,17). The normalized spacial score (nSPS) is 11.6. The molecule has 3 nitrogen and oxygen atoms in total. The molecule has 0 aliphatic rings. The van der Waals surface area contributed by atoms with Gasteiger partial charge in [-0.2, -0.15) is 0 Å². The van der Waals surface area contributed by atoms with E-state index in [1.54, 1.807) is 0 Å². The first-order valence-corrected chi connectivity index (χ1v) is 7.13. The van der Waals surface area contributed by atoms with Crippen molar-refractivity contribution in [3.05, 3.63) is 21.4 Å². The Bertz CT molecular complexity index is 390. The summed E-state index contributed by atoms with van der Waals surface area (Å²) >= 11 is 1.54. The van der Waals surface area contributed by atoms with Crippen molar-refractivity contribution in [3.63, 3.8) is 0 Å². The second kappa shape index (κ2) is 6.34. The zero-order valence-corrected chi connectivity index (χ0v) is 12.5. The molecule has 0 aromatic carbocycles. The van der Waals surface area contributed by atoms with Crippen molar-refractivity contribution < 1.29 is 9.90 Å². The number of aliphatic hydroxyl groups excluding tert-OH is 1. The molecule has 0 fully saturated rings. The molecule has 18 heavy (non-hydrogen) atoms. The summed E-state index contributed by atoms with van der Waals surface area (Å²) in [5.74, 6) is 0.00766. The maximum atomic E-state index is 12.0. The summed E-state index contributed by atoms with van der Waals surface area (Å²) in [6.45, 7) is 9.11. The molecule has 0 aliphatic carbocycles. The number of amides is 1. The first-order valence-electron chi connectivity index (χ1n) is 6.32. The molecule has 0 radical (unpaired) electrons. The average Bonchev–Trinajstić information content (AvgIpc) is 2.64. The molecule has 1 aromatic rings. The lowest BCUT2D eigenvalue weighted by Gasteiger charge is -2.24. The molecule has 0 atom stereocenters. The molecule has 2 N–H and O–H groups in total. The van der Waals surface area contributed by atoms with Gasteiger partial charge in [0.15, 0.2) is 0 Å². The minimum absolute atomic E-state index is 0.00766. The summed E-state index contributed by atoms with van der Waals surface area (Å²) in [7, 11) is 0. The van der Waals surface area contributed by atoms with E-state index >= 15 is 0 Å². The van der Waals surface area contributed by atoms with E-state index in [0.717, 1.165) is 17.7 Å². The first-order chi connectivity index (χ1) is 8.35. The van der Waals surface area contributed by atoms with Gasteiger partial charge in [0, 0.05) is 18.0 Å². The predicted molar refractivity (Wildman–Crippen MR) is 76.2 cm³/mol. The van der Waals surface area contributed by atoms with Gasteiger partial charge in [-0.05, 0) is 43.7 Å². The molecule has 0 spiro atoms. The number of aliphatic hydroxyl groups is 1. The molecule has 0 unspecified atom stereocenters. The number of rotatable bonds is 6. The highest BCUT2D eigenvalue weighted by molar-refractivity contribution is 7.14. The third-order valence-corrected chi connectivity index (χ3v) is 4.28. The van der Waals surface area contributed by atoms with Gasteiger partial charge in [0.05, 0.1) is 4.88 Å². The van der Waals surface area contributed by atoms with Crippen molar-refractivity contribution in [3.8, 4) is 0 Å². The Morgan fingerprint density at radius 3 is 2.61 bits per heavy atom. The Balaban J connectivity index is 2.50. The van der Waals surface area contributed by atoms with E-state index < -0.39 is 0 Å². The fourth-order valence-corrected chi connectivity index (χ4v) is 2.69. The molecule has 4 heteroatoms. The molecule has 1 aromatic heterocycles. The first kappa shape index (κ1) is 15.2. The second-order valence-corrected chi connectivity index (χ2v) is 6.78. The van der Waals surface area contributed by atoms with Crippen LogP contribution in [0.25, 0.3) is 0 Å². The maximum Gasteiger partial charge on any atom is 0.261 e. The molecular formula is C14H23NO2S. The Hall–Kier alpha value is -0.870. The van der Waals surface area contributed by atoms with Crippen molar-refractivity contribution in [1.82, 2.24) is 5.32 Å². The minimum Gasteiger partial charge on any atom is -0.396 e. The summed E-state index contributed by atoms with van der Waals surface area (Å²) in [5.41, 5.74) is 1.20. The van der Waals surface area contributed by atoms with Gasteiger partial charge < -0.3 is 10.4 Å². The van der Waals surface area contributed by atoms with E-state index in [1.807, 2.05) is 19.9 Å². The van der Waals surface area contributed by atoms with Crippen LogP contribution in [-0.2, 0) is 0 Å². The molecule has 1 amide bonds. The van der Waals surface area contributed by atoms with Crippen LogP contribution < -0.4 is 5.32 Å². The van der Waals surface area contributed by atoms with Crippen LogP contribution in [0.2, 0.25) is 0 Å². The van der Waals surface area contributed by atoms with Gasteiger partial charge in [-0.3, -0.25) is 4.79 Å². The highest BCUT2D eigenvalue weighted by Gasteiger charge is 2.19. The SMILES string of the molecule is Cc1cc(C(=O)NCC(C)(C)CCCO)sc1C. The van der Waals surface area contributed by atoms with Gasteiger partial charge in [0.2, 0.25) is 0 Å². The molecule has 0 aliphatic heterocycles. The third-order valence-electron chi connectivity index (χ3n) is 3.13. The second-order valence-electron chi connectivity index (χ2n) is 5.52. The topological polar surface area (TPSA) is 49.3 Å². The number of thiophene rings is 1. The molecule has 1 heterocycles. The van der Waals surface area contributed by atoms with Crippen molar-refractivity contribution in [2.45, 2.75) is 40.5 Å². The van der Waals surface area contributed by atoms with Gasteiger partial charge in [0.1, 0.15) is 0 Å². The van der Waals surface area contributed by atoms with E-state index in [4.69, 9.17) is 5.11 Å². The smallest absolute Gasteiger partial charge is 0.261 e. The van der Waals surface area contributed by atoms with Crippen molar-refractivity contribution in [2.75, 3.05) is 13.2 Å². The van der Waals surface area contributed by atoms with E-state index in [9.17, 15) is 4.79 Å².